The summed E-state index contributed by atoms with van der Waals surface area (Å²) < 4.78 is 0. The van der Waals surface area contributed by atoms with Gasteiger partial charge < -0.3 is 0 Å². The first-order valence-electron chi connectivity index (χ1n) is 22.8. The molecule has 0 aliphatic heterocycles. The Morgan fingerprint density at radius 2 is 0.755 bits per heavy atom. The zero-order valence-electron chi connectivity index (χ0n) is 33.8. The van der Waals surface area contributed by atoms with Gasteiger partial charge in [-0.3, -0.25) is 0 Å². The summed E-state index contributed by atoms with van der Waals surface area (Å²) in [5.41, 5.74) is 3.31. The summed E-state index contributed by atoms with van der Waals surface area (Å²) >= 11 is 0. The fourth-order valence-electron chi connectivity index (χ4n) is 8.24. The third-order valence-electron chi connectivity index (χ3n) is 11.5. The fourth-order valence-corrected chi connectivity index (χ4v) is 8.24. The topological polar surface area (TPSA) is 0 Å². The lowest BCUT2D eigenvalue weighted by Gasteiger charge is -2.17. The van der Waals surface area contributed by atoms with E-state index in [4.69, 9.17) is 0 Å². The van der Waals surface area contributed by atoms with Crippen molar-refractivity contribution in [3.63, 3.8) is 0 Å². The molecule has 0 amide bonds. The summed E-state index contributed by atoms with van der Waals surface area (Å²) in [5.74, 6) is 0.789. The van der Waals surface area contributed by atoms with Crippen molar-refractivity contribution >= 4 is 10.8 Å². The second-order valence-corrected chi connectivity index (χ2v) is 16.4. The molecule has 49 heavy (non-hydrogen) atoms. The van der Waals surface area contributed by atoms with E-state index >= 15 is 0 Å². The zero-order chi connectivity index (χ0) is 34.9. The summed E-state index contributed by atoms with van der Waals surface area (Å²) in [6.07, 6.45) is 50.3. The number of fused-ring (bicyclic) bond motifs is 1. The van der Waals surface area contributed by atoms with Crippen LogP contribution in [0.25, 0.3) is 10.8 Å². The SMILES string of the molecule is CCCCCCCCCCCCCCCCCCCCc1c(CC(C)CCCCCCCCCCCCCCCC)ccc2ccccc12. The standard InChI is InChI=1S/C49H86/c1-4-6-8-10-12-14-16-18-20-21-22-23-25-27-29-31-33-35-40-49-47(43-42-46-39-36-37-41-48(46)49)44-45(3)38-34-32-30-28-26-24-19-17-15-13-11-9-7-5-2/h36-37,39,41-43,45H,4-35,38,40,44H2,1-3H3. The van der Waals surface area contributed by atoms with Crippen molar-refractivity contribution in [3.8, 4) is 0 Å². The first-order chi connectivity index (χ1) is 24.3. The molecule has 0 nitrogen and oxygen atoms in total. The van der Waals surface area contributed by atoms with E-state index in [1.807, 2.05) is 0 Å². The lowest BCUT2D eigenvalue weighted by atomic mass is 9.88. The molecular formula is C49H86. The molecule has 2 rings (SSSR count). The van der Waals surface area contributed by atoms with E-state index in [1.54, 1.807) is 11.1 Å². The minimum absolute atomic E-state index is 0.789. The Bertz CT molecular complexity index is 971. The van der Waals surface area contributed by atoms with E-state index < -0.39 is 0 Å². The van der Waals surface area contributed by atoms with E-state index in [1.165, 1.54) is 236 Å². The Balaban J connectivity index is 1.52. The summed E-state index contributed by atoms with van der Waals surface area (Å²) in [6, 6.07) is 14.0. The Morgan fingerprint density at radius 3 is 1.18 bits per heavy atom. The quantitative estimate of drug-likeness (QED) is 0.0631. The van der Waals surface area contributed by atoms with E-state index in [9.17, 15) is 0 Å². The van der Waals surface area contributed by atoms with Gasteiger partial charge in [0.15, 0.2) is 0 Å². The van der Waals surface area contributed by atoms with Crippen molar-refractivity contribution in [2.75, 3.05) is 0 Å². The first-order valence-corrected chi connectivity index (χ1v) is 22.8. The molecule has 0 aromatic heterocycles. The number of unbranched alkanes of at least 4 members (excludes halogenated alkanes) is 30. The number of hydrogen-bond donors (Lipinski definition) is 0. The summed E-state index contributed by atoms with van der Waals surface area (Å²) in [6.45, 7) is 7.13. The van der Waals surface area contributed by atoms with Gasteiger partial charge in [0, 0.05) is 0 Å². The lowest BCUT2D eigenvalue weighted by Crippen LogP contribution is -2.04. The molecule has 0 heterocycles. The maximum atomic E-state index is 2.51. The lowest BCUT2D eigenvalue weighted by molar-refractivity contribution is 0.475. The van der Waals surface area contributed by atoms with E-state index in [2.05, 4.69) is 57.2 Å². The van der Waals surface area contributed by atoms with E-state index in [-0.39, 0.29) is 0 Å². The molecule has 0 spiro atoms. The van der Waals surface area contributed by atoms with Crippen LogP contribution in [-0.4, -0.2) is 0 Å². The van der Waals surface area contributed by atoms with Crippen LogP contribution in [0.3, 0.4) is 0 Å². The van der Waals surface area contributed by atoms with Gasteiger partial charge in [-0.1, -0.05) is 263 Å². The molecule has 0 saturated heterocycles. The van der Waals surface area contributed by atoms with Crippen LogP contribution in [0.1, 0.15) is 244 Å². The van der Waals surface area contributed by atoms with Crippen LogP contribution in [0, 0.1) is 5.92 Å². The molecule has 0 heteroatoms. The largest absolute Gasteiger partial charge is 0.0654 e. The zero-order valence-corrected chi connectivity index (χ0v) is 33.8. The van der Waals surface area contributed by atoms with Gasteiger partial charge in [-0.2, -0.15) is 0 Å². The molecule has 1 unspecified atom stereocenters. The van der Waals surface area contributed by atoms with E-state index in [0.29, 0.717) is 0 Å². The highest BCUT2D eigenvalue weighted by Crippen LogP contribution is 2.28. The molecule has 0 saturated carbocycles. The van der Waals surface area contributed by atoms with Crippen molar-refractivity contribution in [1.82, 2.24) is 0 Å². The van der Waals surface area contributed by atoms with Crippen molar-refractivity contribution in [2.24, 2.45) is 5.92 Å². The monoisotopic (exact) mass is 675 g/mol. The van der Waals surface area contributed by atoms with Crippen LogP contribution in [0.2, 0.25) is 0 Å². The highest BCUT2D eigenvalue weighted by atomic mass is 14.2. The molecule has 0 aliphatic carbocycles. The average molecular weight is 675 g/mol. The van der Waals surface area contributed by atoms with Crippen LogP contribution in [0.5, 0.6) is 0 Å². The molecule has 0 aliphatic rings. The Kier molecular flexibility index (Phi) is 29.2. The number of benzene rings is 2. The van der Waals surface area contributed by atoms with Gasteiger partial charge in [-0.25, -0.2) is 0 Å². The second kappa shape index (κ2) is 32.6. The van der Waals surface area contributed by atoms with Gasteiger partial charge in [0.05, 0.1) is 0 Å². The van der Waals surface area contributed by atoms with Gasteiger partial charge in [0.1, 0.15) is 0 Å². The van der Waals surface area contributed by atoms with Gasteiger partial charge in [-0.05, 0) is 47.1 Å². The van der Waals surface area contributed by atoms with Crippen molar-refractivity contribution in [3.05, 3.63) is 47.5 Å². The van der Waals surface area contributed by atoms with E-state index in [0.717, 1.165) is 5.92 Å². The van der Waals surface area contributed by atoms with Crippen LogP contribution in [0.15, 0.2) is 36.4 Å². The van der Waals surface area contributed by atoms with Crippen LogP contribution in [-0.2, 0) is 12.8 Å². The summed E-state index contributed by atoms with van der Waals surface area (Å²) in [4.78, 5) is 0. The van der Waals surface area contributed by atoms with Crippen LogP contribution < -0.4 is 0 Å². The smallest absolute Gasteiger partial charge is 0.0149 e. The predicted molar refractivity (Wildman–Crippen MR) is 224 cm³/mol. The molecule has 0 radical (unpaired) electrons. The second-order valence-electron chi connectivity index (χ2n) is 16.4. The molecule has 2 aromatic rings. The number of rotatable bonds is 36. The summed E-state index contributed by atoms with van der Waals surface area (Å²) in [7, 11) is 0. The van der Waals surface area contributed by atoms with Crippen molar-refractivity contribution in [1.29, 1.82) is 0 Å². The first kappa shape index (κ1) is 43.9. The molecule has 0 N–H and O–H groups in total. The average Bonchev–Trinajstić information content (AvgIpc) is 3.11. The molecule has 0 fully saturated rings. The molecular weight excluding hydrogens is 589 g/mol. The third-order valence-corrected chi connectivity index (χ3v) is 11.5. The minimum Gasteiger partial charge on any atom is -0.0654 e. The van der Waals surface area contributed by atoms with Crippen molar-refractivity contribution < 1.29 is 0 Å². The molecule has 0 bridgehead atoms. The Morgan fingerprint density at radius 1 is 0.388 bits per heavy atom. The van der Waals surface area contributed by atoms with Gasteiger partial charge in [-0.15, -0.1) is 0 Å². The van der Waals surface area contributed by atoms with Gasteiger partial charge in [0.2, 0.25) is 0 Å². The fraction of sp³-hybridized carbons (Fsp3) is 0.796. The highest BCUT2D eigenvalue weighted by Gasteiger charge is 2.11. The van der Waals surface area contributed by atoms with Crippen LogP contribution in [0.4, 0.5) is 0 Å². The van der Waals surface area contributed by atoms with Crippen LogP contribution >= 0.6 is 0 Å². The normalized spacial score (nSPS) is 12.3. The van der Waals surface area contributed by atoms with Gasteiger partial charge in [0.25, 0.3) is 0 Å². The summed E-state index contributed by atoms with van der Waals surface area (Å²) in [5, 5.41) is 2.96. The maximum Gasteiger partial charge on any atom is -0.0149 e. The Labute approximate surface area is 308 Å². The molecule has 2 aromatic carbocycles. The van der Waals surface area contributed by atoms with Crippen molar-refractivity contribution in [2.45, 2.75) is 245 Å². The third kappa shape index (κ3) is 23.7. The Hall–Kier alpha value is -1.30. The maximum absolute atomic E-state index is 2.51. The highest BCUT2D eigenvalue weighted by molar-refractivity contribution is 5.86. The predicted octanol–water partition coefficient (Wildman–Crippen LogP) is 17.5. The molecule has 1 atom stereocenters. The molecule has 282 valence electrons. The minimum atomic E-state index is 0.789. The number of aryl methyl sites for hydroxylation is 1. The number of hydrogen-bond acceptors (Lipinski definition) is 0. The van der Waals surface area contributed by atoms with Gasteiger partial charge >= 0.3 is 0 Å².